The standard InChI is InChI=1S/C28H24ClN3O5S2/c1-37-17-5-3-2-4-14(17)19-20-15-10-16(23(20)38-25-24(19)39-28(36)31-25)22-21(15)26(34)32(27(22)35)11-18(33)30-13-8-6-12(29)7-9-13/h2-9,15-16,19-23H,10-11H2,1H3,(H,30,33)(H,31,36)/t15?,16?,19-,20?,21?,22?,23?/m1/s1. The Bertz CT molecular complexity index is 1570. The smallest absolute Gasteiger partial charge is 0.305 e. The largest absolute Gasteiger partial charge is 0.496 e. The lowest BCUT2D eigenvalue weighted by Crippen LogP contribution is -2.42. The number of rotatable bonds is 5. The van der Waals surface area contributed by atoms with Gasteiger partial charge in [-0.15, -0.1) is 11.8 Å². The van der Waals surface area contributed by atoms with Crippen LogP contribution in [0.15, 0.2) is 58.4 Å². The number of nitrogens with zero attached hydrogens (tertiary/aromatic N) is 1. The van der Waals surface area contributed by atoms with E-state index in [0.717, 1.165) is 32.5 Å². The van der Waals surface area contributed by atoms with Crippen molar-refractivity contribution in [2.45, 2.75) is 22.6 Å². The summed E-state index contributed by atoms with van der Waals surface area (Å²) in [6.45, 7) is -0.314. The minimum absolute atomic E-state index is 0.00969. The molecule has 8 nitrogen and oxygen atoms in total. The van der Waals surface area contributed by atoms with Crippen molar-refractivity contribution in [3.63, 3.8) is 0 Å². The van der Waals surface area contributed by atoms with Crippen LogP contribution in [0, 0.1) is 29.6 Å². The molecule has 6 unspecified atom stereocenters. The van der Waals surface area contributed by atoms with Crippen molar-refractivity contribution >= 4 is 58.1 Å². The van der Waals surface area contributed by atoms with Crippen LogP contribution in [-0.4, -0.2) is 46.5 Å². The van der Waals surface area contributed by atoms with Gasteiger partial charge in [0.1, 0.15) is 12.3 Å². The summed E-state index contributed by atoms with van der Waals surface area (Å²) < 4.78 is 5.72. The topological polar surface area (TPSA) is 109 Å². The first kappa shape index (κ1) is 24.9. The van der Waals surface area contributed by atoms with Crippen LogP contribution in [0.1, 0.15) is 22.8 Å². The third-order valence-corrected chi connectivity index (χ3v) is 11.6. The Morgan fingerprint density at radius 3 is 2.54 bits per heavy atom. The Labute approximate surface area is 237 Å². The number of methoxy groups -OCH3 is 1. The third-order valence-electron chi connectivity index (χ3n) is 8.72. The molecule has 200 valence electrons. The number of aromatic nitrogens is 1. The number of carbonyl (C=O) groups is 3. The number of hydrogen-bond acceptors (Lipinski definition) is 7. The van der Waals surface area contributed by atoms with Gasteiger partial charge in [-0.25, -0.2) is 0 Å². The fourth-order valence-electron chi connectivity index (χ4n) is 7.38. The molecule has 7 atom stereocenters. The molecule has 0 spiro atoms. The first-order valence-electron chi connectivity index (χ1n) is 12.8. The normalized spacial score (nSPS) is 30.2. The number of imide groups is 1. The average molecular weight is 582 g/mol. The Morgan fingerprint density at radius 1 is 1.08 bits per heavy atom. The number of likely N-dealkylation sites (tertiary alicyclic amines) is 1. The third kappa shape index (κ3) is 3.79. The van der Waals surface area contributed by atoms with Crippen LogP contribution in [0.25, 0.3) is 0 Å². The molecule has 1 saturated heterocycles. The summed E-state index contributed by atoms with van der Waals surface area (Å²) in [5.41, 5.74) is 1.54. The molecule has 3 aromatic rings. The molecule has 2 bridgehead atoms. The minimum Gasteiger partial charge on any atom is -0.496 e. The number of carbonyl (C=O) groups excluding carboxylic acids is 3. The Hall–Kier alpha value is -3.08. The van der Waals surface area contributed by atoms with Gasteiger partial charge in [-0.05, 0) is 54.5 Å². The van der Waals surface area contributed by atoms with Gasteiger partial charge in [0.15, 0.2) is 0 Å². The van der Waals surface area contributed by atoms with Crippen molar-refractivity contribution in [2.75, 3.05) is 19.0 Å². The Morgan fingerprint density at radius 2 is 1.79 bits per heavy atom. The minimum atomic E-state index is -0.456. The van der Waals surface area contributed by atoms with E-state index in [9.17, 15) is 19.2 Å². The maximum atomic E-state index is 13.7. The van der Waals surface area contributed by atoms with Crippen molar-refractivity contribution in [3.05, 3.63) is 73.7 Å². The molecule has 11 heteroatoms. The number of thioether (sulfide) groups is 1. The van der Waals surface area contributed by atoms with E-state index in [1.165, 1.54) is 11.3 Å². The molecule has 39 heavy (non-hydrogen) atoms. The molecule has 7 rings (SSSR count). The first-order chi connectivity index (χ1) is 18.9. The quantitative estimate of drug-likeness (QED) is 0.437. The van der Waals surface area contributed by atoms with Crippen molar-refractivity contribution in [1.29, 1.82) is 0 Å². The number of aromatic amines is 1. The highest BCUT2D eigenvalue weighted by Crippen LogP contribution is 2.68. The first-order valence-corrected chi connectivity index (χ1v) is 14.9. The van der Waals surface area contributed by atoms with E-state index in [4.69, 9.17) is 16.3 Å². The van der Waals surface area contributed by atoms with Gasteiger partial charge in [0, 0.05) is 32.3 Å². The number of H-pyrrole nitrogens is 1. The number of para-hydroxylation sites is 1. The van der Waals surface area contributed by atoms with Crippen LogP contribution in [0.2, 0.25) is 5.02 Å². The van der Waals surface area contributed by atoms with E-state index in [1.54, 1.807) is 43.1 Å². The second-order valence-corrected chi connectivity index (χ2v) is 13.2. The monoisotopic (exact) mass is 581 g/mol. The summed E-state index contributed by atoms with van der Waals surface area (Å²) in [6, 6.07) is 14.5. The molecule has 2 N–H and O–H groups in total. The van der Waals surface area contributed by atoms with Gasteiger partial charge in [0.05, 0.1) is 24.0 Å². The Balaban J connectivity index is 1.20. The van der Waals surface area contributed by atoms with E-state index in [1.807, 2.05) is 24.3 Å². The van der Waals surface area contributed by atoms with Gasteiger partial charge >= 0.3 is 4.87 Å². The molecular formula is C28H24ClN3O5S2. The fourth-order valence-corrected chi connectivity index (χ4v) is 10.4. The molecule has 4 aliphatic rings. The zero-order valence-corrected chi connectivity index (χ0v) is 23.1. The number of amides is 3. The summed E-state index contributed by atoms with van der Waals surface area (Å²) in [5, 5.41) is 4.22. The zero-order valence-electron chi connectivity index (χ0n) is 20.8. The zero-order chi connectivity index (χ0) is 27.0. The summed E-state index contributed by atoms with van der Waals surface area (Å²) >= 11 is 8.77. The molecule has 2 aromatic carbocycles. The van der Waals surface area contributed by atoms with E-state index >= 15 is 0 Å². The van der Waals surface area contributed by atoms with Crippen molar-refractivity contribution in [1.82, 2.24) is 9.88 Å². The number of nitrogens with one attached hydrogen (secondary N) is 2. The highest BCUT2D eigenvalue weighted by atomic mass is 35.5. The number of benzene rings is 2. The number of hydrogen-bond donors (Lipinski definition) is 2. The van der Waals surface area contributed by atoms with Crippen LogP contribution >= 0.6 is 34.7 Å². The molecule has 0 radical (unpaired) electrons. The van der Waals surface area contributed by atoms with Gasteiger partial charge < -0.3 is 15.0 Å². The van der Waals surface area contributed by atoms with E-state index in [0.29, 0.717) is 10.7 Å². The second kappa shape index (κ2) is 9.25. The summed E-state index contributed by atoms with van der Waals surface area (Å²) in [5.74, 6) is -1.20. The highest BCUT2D eigenvalue weighted by Gasteiger charge is 2.69. The predicted octanol–water partition coefficient (Wildman–Crippen LogP) is 4.21. The maximum absolute atomic E-state index is 13.7. The second-order valence-electron chi connectivity index (χ2n) is 10.5. The van der Waals surface area contributed by atoms with Crippen LogP contribution in [-0.2, 0) is 14.4 Å². The van der Waals surface area contributed by atoms with E-state index in [2.05, 4.69) is 10.3 Å². The Kier molecular flexibility index (Phi) is 5.91. The number of thiazole rings is 1. The lowest BCUT2D eigenvalue weighted by Gasteiger charge is -2.43. The van der Waals surface area contributed by atoms with Crippen LogP contribution in [0.5, 0.6) is 5.75 Å². The molecule has 3 amide bonds. The fraction of sp³-hybridized carbons (Fsp3) is 0.357. The van der Waals surface area contributed by atoms with Crippen molar-refractivity contribution < 1.29 is 19.1 Å². The molecule has 3 fully saturated rings. The number of halogens is 1. The van der Waals surface area contributed by atoms with Gasteiger partial charge in [-0.3, -0.25) is 24.1 Å². The van der Waals surface area contributed by atoms with Gasteiger partial charge in [0.25, 0.3) is 0 Å². The van der Waals surface area contributed by atoms with Crippen molar-refractivity contribution in [2.24, 2.45) is 29.6 Å². The van der Waals surface area contributed by atoms with Crippen LogP contribution in [0.4, 0.5) is 5.69 Å². The molecule has 3 heterocycles. The van der Waals surface area contributed by atoms with E-state index < -0.39 is 17.7 Å². The van der Waals surface area contributed by atoms with E-state index in [-0.39, 0.29) is 52.2 Å². The lowest BCUT2D eigenvalue weighted by atomic mass is 9.68. The molecule has 2 aliphatic heterocycles. The SMILES string of the molecule is COc1ccccc1[C@H]1c2sc(=O)[nH]c2SC2C3CC(C4C(=O)N(CC(=O)Nc5ccc(Cl)cc5)C(=O)C34)C21. The molecular weight excluding hydrogens is 558 g/mol. The molecule has 1 aromatic heterocycles. The van der Waals surface area contributed by atoms with Gasteiger partial charge in [-0.1, -0.05) is 41.1 Å². The van der Waals surface area contributed by atoms with Crippen LogP contribution < -0.4 is 14.9 Å². The number of anilines is 1. The summed E-state index contributed by atoms with van der Waals surface area (Å²) in [6.07, 6.45) is 0.783. The highest BCUT2D eigenvalue weighted by molar-refractivity contribution is 8.00. The maximum Gasteiger partial charge on any atom is 0.305 e. The lowest BCUT2D eigenvalue weighted by molar-refractivity contribution is -0.143. The molecule has 2 saturated carbocycles. The number of ether oxygens (including phenoxy) is 1. The number of fused-ring (bicyclic) bond motifs is 9. The van der Waals surface area contributed by atoms with Gasteiger partial charge in [0.2, 0.25) is 17.7 Å². The summed E-state index contributed by atoms with van der Waals surface area (Å²) in [4.78, 5) is 57.6. The van der Waals surface area contributed by atoms with Crippen molar-refractivity contribution in [3.8, 4) is 5.75 Å². The summed E-state index contributed by atoms with van der Waals surface area (Å²) in [7, 11) is 1.64. The predicted molar refractivity (Wildman–Crippen MR) is 148 cm³/mol. The average Bonchev–Trinajstić information content (AvgIpc) is 3.66. The van der Waals surface area contributed by atoms with Crippen LogP contribution in [0.3, 0.4) is 0 Å². The van der Waals surface area contributed by atoms with Gasteiger partial charge in [-0.2, -0.15) is 0 Å². The molecule has 2 aliphatic carbocycles.